The molecule has 0 aliphatic rings. The summed E-state index contributed by atoms with van der Waals surface area (Å²) in [6.07, 6.45) is 1.78. The lowest BCUT2D eigenvalue weighted by Crippen LogP contribution is -2.37. The van der Waals surface area contributed by atoms with Crippen LogP contribution in [-0.4, -0.2) is 25.0 Å². The number of amides is 1. The summed E-state index contributed by atoms with van der Waals surface area (Å²) in [6, 6.07) is 7.30. The van der Waals surface area contributed by atoms with Crippen LogP contribution in [0, 0.1) is 0 Å². The van der Waals surface area contributed by atoms with E-state index >= 15 is 0 Å². The van der Waals surface area contributed by atoms with E-state index in [0.717, 1.165) is 25.1 Å². The standard InChI is InChI=1S/C14H21ClN2O/c1-14(2,3)16-9-4-10-17(11-18)13-7-5-12(15)6-8-13/h5-8,11,16H,4,9-10H2,1-3H3. The number of hydrogen-bond acceptors (Lipinski definition) is 2. The third-order valence-corrected chi connectivity index (χ3v) is 2.77. The van der Waals surface area contributed by atoms with Gasteiger partial charge in [0.15, 0.2) is 0 Å². The fourth-order valence-electron chi connectivity index (χ4n) is 1.59. The van der Waals surface area contributed by atoms with Crippen LogP contribution in [0.2, 0.25) is 5.02 Å². The Hall–Kier alpha value is -1.06. The summed E-state index contributed by atoms with van der Waals surface area (Å²) in [6.45, 7) is 7.98. The highest BCUT2D eigenvalue weighted by molar-refractivity contribution is 6.30. The molecule has 1 aromatic carbocycles. The average Bonchev–Trinajstić information content (AvgIpc) is 2.29. The Morgan fingerprint density at radius 3 is 2.39 bits per heavy atom. The van der Waals surface area contributed by atoms with Crippen LogP contribution in [0.3, 0.4) is 0 Å². The minimum Gasteiger partial charge on any atom is -0.315 e. The number of anilines is 1. The second-order valence-electron chi connectivity index (χ2n) is 5.31. The maximum absolute atomic E-state index is 11.1. The first kappa shape index (κ1) is 15.0. The Kier molecular flexibility index (Phi) is 5.63. The van der Waals surface area contributed by atoms with E-state index in [9.17, 15) is 4.79 Å². The fourth-order valence-corrected chi connectivity index (χ4v) is 1.71. The first-order valence-electron chi connectivity index (χ1n) is 6.15. The zero-order valence-corrected chi connectivity index (χ0v) is 12.0. The highest BCUT2D eigenvalue weighted by atomic mass is 35.5. The predicted molar refractivity (Wildman–Crippen MR) is 77.2 cm³/mol. The van der Waals surface area contributed by atoms with Gasteiger partial charge in [-0.05, 0) is 58.0 Å². The molecule has 0 aliphatic carbocycles. The normalized spacial score (nSPS) is 11.3. The lowest BCUT2D eigenvalue weighted by Gasteiger charge is -2.22. The van der Waals surface area contributed by atoms with E-state index in [1.54, 1.807) is 17.0 Å². The Labute approximate surface area is 114 Å². The molecule has 0 aromatic heterocycles. The molecule has 1 N–H and O–H groups in total. The predicted octanol–water partition coefficient (Wildman–Crippen LogP) is 3.08. The molecule has 0 spiro atoms. The molecule has 0 atom stereocenters. The molecule has 1 amide bonds. The van der Waals surface area contributed by atoms with Gasteiger partial charge in [-0.15, -0.1) is 0 Å². The number of rotatable bonds is 6. The Morgan fingerprint density at radius 1 is 1.28 bits per heavy atom. The van der Waals surface area contributed by atoms with Crippen molar-refractivity contribution in [3.8, 4) is 0 Å². The van der Waals surface area contributed by atoms with Crippen molar-refractivity contribution >= 4 is 23.7 Å². The molecular formula is C14H21ClN2O. The van der Waals surface area contributed by atoms with Crippen molar-refractivity contribution in [3.05, 3.63) is 29.3 Å². The third-order valence-electron chi connectivity index (χ3n) is 2.52. The average molecular weight is 269 g/mol. The van der Waals surface area contributed by atoms with Gasteiger partial charge < -0.3 is 10.2 Å². The Bertz CT molecular complexity index is 370. The van der Waals surface area contributed by atoms with Gasteiger partial charge in [-0.25, -0.2) is 0 Å². The number of carbonyl (C=O) groups is 1. The number of nitrogens with zero attached hydrogens (tertiary/aromatic N) is 1. The van der Waals surface area contributed by atoms with Crippen molar-refractivity contribution < 1.29 is 4.79 Å². The molecule has 0 radical (unpaired) electrons. The highest BCUT2D eigenvalue weighted by Crippen LogP contribution is 2.17. The molecule has 0 unspecified atom stereocenters. The van der Waals surface area contributed by atoms with Crippen molar-refractivity contribution in [2.45, 2.75) is 32.7 Å². The van der Waals surface area contributed by atoms with Crippen molar-refractivity contribution in [2.24, 2.45) is 0 Å². The summed E-state index contributed by atoms with van der Waals surface area (Å²) in [4.78, 5) is 12.7. The molecule has 3 nitrogen and oxygen atoms in total. The molecule has 0 saturated carbocycles. The van der Waals surface area contributed by atoms with Gasteiger partial charge in [0.1, 0.15) is 0 Å². The van der Waals surface area contributed by atoms with Gasteiger partial charge >= 0.3 is 0 Å². The fraction of sp³-hybridized carbons (Fsp3) is 0.500. The number of benzene rings is 1. The van der Waals surface area contributed by atoms with E-state index < -0.39 is 0 Å². The van der Waals surface area contributed by atoms with Crippen molar-refractivity contribution in [1.82, 2.24) is 5.32 Å². The first-order chi connectivity index (χ1) is 8.42. The van der Waals surface area contributed by atoms with Crippen LogP contribution in [-0.2, 0) is 4.79 Å². The van der Waals surface area contributed by atoms with E-state index in [-0.39, 0.29) is 5.54 Å². The summed E-state index contributed by atoms with van der Waals surface area (Å²) in [5.41, 5.74) is 0.997. The van der Waals surface area contributed by atoms with Gasteiger partial charge in [0.25, 0.3) is 0 Å². The molecule has 1 aromatic rings. The van der Waals surface area contributed by atoms with Gasteiger partial charge in [-0.2, -0.15) is 0 Å². The molecule has 0 aliphatic heterocycles. The molecule has 1 rings (SSSR count). The van der Waals surface area contributed by atoms with Crippen LogP contribution in [0.5, 0.6) is 0 Å². The zero-order valence-electron chi connectivity index (χ0n) is 11.2. The Morgan fingerprint density at radius 2 is 1.89 bits per heavy atom. The van der Waals surface area contributed by atoms with Crippen LogP contribution in [0.15, 0.2) is 24.3 Å². The topological polar surface area (TPSA) is 32.3 Å². The monoisotopic (exact) mass is 268 g/mol. The number of hydrogen-bond donors (Lipinski definition) is 1. The third kappa shape index (κ3) is 5.52. The van der Waals surface area contributed by atoms with Gasteiger partial charge in [0.2, 0.25) is 6.41 Å². The minimum absolute atomic E-state index is 0.117. The summed E-state index contributed by atoms with van der Waals surface area (Å²) >= 11 is 5.82. The Balaban J connectivity index is 2.43. The molecule has 18 heavy (non-hydrogen) atoms. The highest BCUT2D eigenvalue weighted by Gasteiger charge is 2.09. The molecule has 0 fully saturated rings. The van der Waals surface area contributed by atoms with Crippen molar-refractivity contribution in [3.63, 3.8) is 0 Å². The van der Waals surface area contributed by atoms with Crippen molar-refractivity contribution in [2.75, 3.05) is 18.0 Å². The van der Waals surface area contributed by atoms with Crippen LogP contribution in [0.4, 0.5) is 5.69 Å². The second-order valence-corrected chi connectivity index (χ2v) is 5.74. The number of carbonyl (C=O) groups excluding carboxylic acids is 1. The van der Waals surface area contributed by atoms with Crippen molar-refractivity contribution in [1.29, 1.82) is 0 Å². The molecule has 4 heteroatoms. The number of nitrogens with one attached hydrogen (secondary N) is 1. The van der Waals surface area contributed by atoms with E-state index in [1.165, 1.54) is 0 Å². The molecule has 100 valence electrons. The van der Waals surface area contributed by atoms with Crippen LogP contribution < -0.4 is 10.2 Å². The van der Waals surface area contributed by atoms with Gasteiger partial charge in [0.05, 0.1) is 0 Å². The summed E-state index contributed by atoms with van der Waals surface area (Å²) < 4.78 is 0. The van der Waals surface area contributed by atoms with Gasteiger partial charge in [-0.3, -0.25) is 4.79 Å². The number of halogens is 1. The molecule has 0 heterocycles. The maximum atomic E-state index is 11.1. The SMILES string of the molecule is CC(C)(C)NCCCN(C=O)c1ccc(Cl)cc1. The molecule has 0 saturated heterocycles. The lowest BCUT2D eigenvalue weighted by atomic mass is 10.1. The van der Waals surface area contributed by atoms with Crippen LogP contribution in [0.1, 0.15) is 27.2 Å². The largest absolute Gasteiger partial charge is 0.315 e. The second kappa shape index (κ2) is 6.76. The van der Waals surface area contributed by atoms with Gasteiger partial charge in [0, 0.05) is 22.8 Å². The summed E-state index contributed by atoms with van der Waals surface area (Å²) in [7, 11) is 0. The van der Waals surface area contributed by atoms with E-state index in [0.29, 0.717) is 11.6 Å². The van der Waals surface area contributed by atoms with E-state index in [1.807, 2.05) is 12.1 Å². The minimum atomic E-state index is 0.117. The molecular weight excluding hydrogens is 248 g/mol. The van der Waals surface area contributed by atoms with Crippen LogP contribution >= 0.6 is 11.6 Å². The van der Waals surface area contributed by atoms with Crippen LogP contribution in [0.25, 0.3) is 0 Å². The summed E-state index contributed by atoms with van der Waals surface area (Å²) in [5.74, 6) is 0. The maximum Gasteiger partial charge on any atom is 0.214 e. The van der Waals surface area contributed by atoms with E-state index in [2.05, 4.69) is 26.1 Å². The quantitative estimate of drug-likeness (QED) is 0.635. The zero-order chi connectivity index (χ0) is 13.6. The first-order valence-corrected chi connectivity index (χ1v) is 6.53. The van der Waals surface area contributed by atoms with E-state index in [4.69, 9.17) is 11.6 Å². The smallest absolute Gasteiger partial charge is 0.214 e. The summed E-state index contributed by atoms with van der Waals surface area (Å²) in [5, 5.41) is 4.08. The molecule has 0 bridgehead atoms. The lowest BCUT2D eigenvalue weighted by molar-refractivity contribution is -0.107. The van der Waals surface area contributed by atoms with Gasteiger partial charge in [-0.1, -0.05) is 11.6 Å².